The number of nitrogens with zero attached hydrogens (tertiary/aromatic N) is 1. The summed E-state index contributed by atoms with van der Waals surface area (Å²) in [6.07, 6.45) is 6.16. The van der Waals surface area contributed by atoms with Crippen LogP contribution in [0, 0.1) is 0 Å². The Hall–Kier alpha value is -2.29. The molecule has 2 aromatic rings. The summed E-state index contributed by atoms with van der Waals surface area (Å²) < 4.78 is 0. The van der Waals surface area contributed by atoms with Crippen molar-refractivity contribution in [1.29, 1.82) is 0 Å². The second-order valence-corrected chi connectivity index (χ2v) is 7.96. The summed E-state index contributed by atoms with van der Waals surface area (Å²) in [4.78, 5) is 5.12. The van der Waals surface area contributed by atoms with Crippen LogP contribution in [0.3, 0.4) is 0 Å². The number of hydrogen-bond acceptors (Lipinski definition) is 2. The Kier molecular flexibility index (Phi) is 4.71. The van der Waals surface area contributed by atoms with Gasteiger partial charge in [0.1, 0.15) is 5.84 Å². The molecule has 0 bridgehead atoms. The van der Waals surface area contributed by atoms with Crippen molar-refractivity contribution in [2.24, 2.45) is 4.99 Å². The van der Waals surface area contributed by atoms with Gasteiger partial charge in [0, 0.05) is 0 Å². The highest BCUT2D eigenvalue weighted by atomic mass is 15.2. The molecule has 4 rings (SSSR count). The van der Waals surface area contributed by atoms with Crippen LogP contribution in [0.15, 0.2) is 53.5 Å². The molecule has 26 heavy (non-hydrogen) atoms. The van der Waals surface area contributed by atoms with Gasteiger partial charge in [-0.15, -0.1) is 0 Å². The Labute approximate surface area is 156 Å². The Morgan fingerprint density at radius 1 is 0.923 bits per heavy atom. The van der Waals surface area contributed by atoms with E-state index in [9.17, 15) is 0 Å². The molecule has 1 aliphatic carbocycles. The maximum Gasteiger partial charge on any atom is 0.127 e. The van der Waals surface area contributed by atoms with E-state index in [1.807, 2.05) is 0 Å². The molecule has 3 nitrogen and oxygen atoms in total. The fourth-order valence-corrected chi connectivity index (χ4v) is 4.38. The van der Waals surface area contributed by atoms with Crippen molar-refractivity contribution in [3.8, 4) is 0 Å². The van der Waals surface area contributed by atoms with Crippen LogP contribution in [-0.4, -0.2) is 11.4 Å². The van der Waals surface area contributed by atoms with E-state index in [1.54, 1.807) is 0 Å². The van der Waals surface area contributed by atoms with E-state index in [0.29, 0.717) is 5.92 Å². The second kappa shape index (κ2) is 7.14. The van der Waals surface area contributed by atoms with Crippen molar-refractivity contribution >= 4 is 17.2 Å². The molecular formula is C23H29N3. The van der Waals surface area contributed by atoms with Crippen LogP contribution in [0.1, 0.15) is 63.0 Å². The lowest BCUT2D eigenvalue weighted by Gasteiger charge is -2.44. The van der Waals surface area contributed by atoms with Crippen molar-refractivity contribution < 1.29 is 0 Å². The third-order valence-corrected chi connectivity index (χ3v) is 5.80. The van der Waals surface area contributed by atoms with Crippen LogP contribution in [0.5, 0.6) is 0 Å². The quantitative estimate of drug-likeness (QED) is 0.720. The van der Waals surface area contributed by atoms with Gasteiger partial charge >= 0.3 is 0 Å². The number of fused-ring (bicyclic) bond motifs is 1. The molecule has 0 amide bonds. The molecule has 0 unspecified atom stereocenters. The number of benzene rings is 2. The Morgan fingerprint density at radius 3 is 2.38 bits per heavy atom. The van der Waals surface area contributed by atoms with Crippen molar-refractivity contribution in [1.82, 2.24) is 0 Å². The molecule has 2 aliphatic rings. The molecule has 2 aromatic carbocycles. The first-order valence-corrected chi connectivity index (χ1v) is 9.95. The van der Waals surface area contributed by atoms with E-state index in [0.717, 1.165) is 30.9 Å². The van der Waals surface area contributed by atoms with Crippen molar-refractivity contribution in [3.63, 3.8) is 0 Å². The first kappa shape index (κ1) is 17.1. The van der Waals surface area contributed by atoms with Gasteiger partial charge in [0.15, 0.2) is 0 Å². The highest BCUT2D eigenvalue weighted by Crippen LogP contribution is 2.39. The first-order valence-electron chi connectivity index (χ1n) is 9.95. The van der Waals surface area contributed by atoms with Crippen molar-refractivity contribution in [2.75, 3.05) is 10.6 Å². The molecule has 0 atom stereocenters. The second-order valence-electron chi connectivity index (χ2n) is 7.96. The van der Waals surface area contributed by atoms with Gasteiger partial charge in [0.2, 0.25) is 0 Å². The highest BCUT2D eigenvalue weighted by Gasteiger charge is 2.40. The van der Waals surface area contributed by atoms with Gasteiger partial charge in [-0.2, -0.15) is 0 Å². The molecular weight excluding hydrogens is 318 g/mol. The number of rotatable bonds is 3. The highest BCUT2D eigenvalue weighted by molar-refractivity contribution is 6.09. The van der Waals surface area contributed by atoms with Gasteiger partial charge in [-0.25, -0.2) is 0 Å². The number of amidine groups is 1. The van der Waals surface area contributed by atoms with E-state index < -0.39 is 0 Å². The van der Waals surface area contributed by atoms with E-state index in [2.05, 4.69) is 73.0 Å². The summed E-state index contributed by atoms with van der Waals surface area (Å²) >= 11 is 0. The van der Waals surface area contributed by atoms with E-state index in [-0.39, 0.29) is 5.54 Å². The molecule has 0 aromatic heterocycles. The fourth-order valence-electron chi connectivity index (χ4n) is 4.38. The number of nitrogens with one attached hydrogen (secondary N) is 2. The lowest BCUT2D eigenvalue weighted by atomic mass is 9.79. The van der Waals surface area contributed by atoms with E-state index >= 15 is 0 Å². The summed E-state index contributed by atoms with van der Waals surface area (Å²) in [5.74, 6) is 1.64. The van der Waals surface area contributed by atoms with Crippen LogP contribution in [-0.2, 0) is 6.54 Å². The van der Waals surface area contributed by atoms with Gasteiger partial charge < -0.3 is 10.6 Å². The molecule has 2 N–H and O–H groups in total. The Bertz CT molecular complexity index is 801. The maximum absolute atomic E-state index is 5.12. The lowest BCUT2D eigenvalue weighted by Crippen LogP contribution is -2.53. The zero-order chi connectivity index (χ0) is 18.0. The van der Waals surface area contributed by atoms with Crippen LogP contribution in [0.25, 0.3) is 0 Å². The Balaban J connectivity index is 1.68. The minimum atomic E-state index is -0.0284. The fraction of sp³-hybridized carbons (Fsp3) is 0.435. The average molecular weight is 348 g/mol. The van der Waals surface area contributed by atoms with Gasteiger partial charge in [-0.1, -0.05) is 69.5 Å². The first-order chi connectivity index (χ1) is 12.7. The average Bonchev–Trinajstić information content (AvgIpc) is 2.67. The molecule has 1 spiro atoms. The van der Waals surface area contributed by atoms with Crippen molar-refractivity contribution in [2.45, 2.75) is 64.0 Å². The van der Waals surface area contributed by atoms with Crippen LogP contribution in [0.2, 0.25) is 0 Å². The molecule has 0 saturated heterocycles. The summed E-state index contributed by atoms with van der Waals surface area (Å²) in [6, 6.07) is 17.2. The SMILES string of the molecule is CC(C)c1ccccc1CN=C1Nc2ccccc2NC12CCCCC2. The van der Waals surface area contributed by atoms with Crippen LogP contribution in [0.4, 0.5) is 11.4 Å². The zero-order valence-electron chi connectivity index (χ0n) is 15.9. The summed E-state index contributed by atoms with van der Waals surface area (Å²) in [6.45, 7) is 5.25. The minimum absolute atomic E-state index is 0.0284. The van der Waals surface area contributed by atoms with Gasteiger partial charge in [0.25, 0.3) is 0 Å². The third kappa shape index (κ3) is 3.23. The molecule has 136 valence electrons. The third-order valence-electron chi connectivity index (χ3n) is 5.80. The van der Waals surface area contributed by atoms with Gasteiger partial charge in [-0.3, -0.25) is 4.99 Å². The molecule has 1 heterocycles. The number of para-hydroxylation sites is 2. The van der Waals surface area contributed by atoms with Gasteiger partial charge in [0.05, 0.1) is 23.5 Å². The number of hydrogen-bond donors (Lipinski definition) is 2. The predicted molar refractivity (Wildman–Crippen MR) is 111 cm³/mol. The molecule has 1 aliphatic heterocycles. The van der Waals surface area contributed by atoms with E-state index in [1.165, 1.54) is 36.1 Å². The van der Waals surface area contributed by atoms with Crippen LogP contribution < -0.4 is 10.6 Å². The number of anilines is 2. The van der Waals surface area contributed by atoms with Gasteiger partial charge in [-0.05, 0) is 42.0 Å². The Morgan fingerprint density at radius 2 is 1.62 bits per heavy atom. The van der Waals surface area contributed by atoms with Crippen molar-refractivity contribution in [3.05, 3.63) is 59.7 Å². The standard InChI is InChI=1S/C23H29N3/c1-17(2)19-11-5-4-10-18(19)16-24-22-23(14-8-3-9-15-23)26-21-13-7-6-12-20(21)25-22/h4-7,10-13,17,26H,3,8-9,14-16H2,1-2H3,(H,24,25). The predicted octanol–water partition coefficient (Wildman–Crippen LogP) is 5.95. The molecule has 1 fully saturated rings. The maximum atomic E-state index is 5.12. The largest absolute Gasteiger partial charge is 0.371 e. The minimum Gasteiger partial charge on any atom is -0.371 e. The normalized spacial score (nSPS) is 19.9. The monoisotopic (exact) mass is 347 g/mol. The smallest absolute Gasteiger partial charge is 0.127 e. The summed E-state index contributed by atoms with van der Waals surface area (Å²) in [5.41, 5.74) is 5.05. The molecule has 3 heteroatoms. The topological polar surface area (TPSA) is 36.4 Å². The number of aliphatic imine (C=N–C) groups is 1. The summed E-state index contributed by atoms with van der Waals surface area (Å²) in [5, 5.41) is 7.51. The summed E-state index contributed by atoms with van der Waals surface area (Å²) in [7, 11) is 0. The molecule has 0 radical (unpaired) electrons. The lowest BCUT2D eigenvalue weighted by molar-refractivity contribution is 0.403. The zero-order valence-corrected chi connectivity index (χ0v) is 15.9. The van der Waals surface area contributed by atoms with Crippen LogP contribution >= 0.6 is 0 Å². The van der Waals surface area contributed by atoms with E-state index in [4.69, 9.17) is 4.99 Å². The molecule has 1 saturated carbocycles.